The van der Waals surface area contributed by atoms with Crippen molar-refractivity contribution in [1.82, 2.24) is 0 Å². The molecule has 1 saturated heterocycles. The number of aliphatic hydroxyl groups is 2. The molecule has 7 nitrogen and oxygen atoms in total. The summed E-state index contributed by atoms with van der Waals surface area (Å²) in [5.74, 6) is -7.75. The van der Waals surface area contributed by atoms with Crippen LogP contribution < -0.4 is 0 Å². The standard InChI is InChI=1S/C20H18F2O7S/c1-30(27,28)18-20(21,22)19(26,16(25)13-10-6-3-7-11-13)17(29-18)15(24)14(23)12-8-4-2-5-9-12/h2-11,14,17-18,23,26H,1H3/t14?,17-,18+,19-/m1/s1. The lowest BCUT2D eigenvalue weighted by molar-refractivity contribution is -0.155. The molecule has 2 N–H and O–H groups in total. The van der Waals surface area contributed by atoms with Crippen LogP contribution in [0.1, 0.15) is 22.0 Å². The molecule has 2 aromatic carbocycles. The lowest BCUT2D eigenvalue weighted by Crippen LogP contribution is -2.62. The Hall–Kier alpha value is -2.53. The van der Waals surface area contributed by atoms with Crippen molar-refractivity contribution in [3.63, 3.8) is 0 Å². The average Bonchev–Trinajstić information content (AvgIpc) is 2.94. The summed E-state index contributed by atoms with van der Waals surface area (Å²) in [5.41, 5.74) is -7.20. The van der Waals surface area contributed by atoms with Gasteiger partial charge in [0.1, 0.15) is 6.10 Å². The zero-order valence-electron chi connectivity index (χ0n) is 15.6. The van der Waals surface area contributed by atoms with Gasteiger partial charge >= 0.3 is 5.92 Å². The van der Waals surface area contributed by atoms with Crippen LogP contribution in [0, 0.1) is 0 Å². The zero-order valence-corrected chi connectivity index (χ0v) is 16.4. The summed E-state index contributed by atoms with van der Waals surface area (Å²) >= 11 is 0. The van der Waals surface area contributed by atoms with Crippen molar-refractivity contribution in [3.05, 3.63) is 71.8 Å². The number of aliphatic hydroxyl groups excluding tert-OH is 1. The van der Waals surface area contributed by atoms with E-state index >= 15 is 8.78 Å². The third kappa shape index (κ3) is 3.45. The first-order valence-electron chi connectivity index (χ1n) is 8.73. The highest BCUT2D eigenvalue weighted by atomic mass is 32.2. The van der Waals surface area contributed by atoms with Crippen LogP contribution in [0.3, 0.4) is 0 Å². The second-order valence-electron chi connectivity index (χ2n) is 6.98. The fourth-order valence-electron chi connectivity index (χ4n) is 3.33. The molecular formula is C20H18F2O7S. The number of carbonyl (C=O) groups is 2. The molecule has 4 atom stereocenters. The smallest absolute Gasteiger partial charge is 0.326 e. The summed E-state index contributed by atoms with van der Waals surface area (Å²) in [7, 11) is -4.67. The summed E-state index contributed by atoms with van der Waals surface area (Å²) < 4.78 is 58.9. The minimum absolute atomic E-state index is 0.00766. The van der Waals surface area contributed by atoms with Crippen LogP contribution in [0.4, 0.5) is 8.78 Å². The SMILES string of the molecule is CS(=O)(=O)[C@@H]1O[C@H](C(=O)C(O)c2ccccc2)[C@](O)(C(=O)c2ccccc2)C1(F)F. The van der Waals surface area contributed by atoms with Gasteiger partial charge in [-0.15, -0.1) is 0 Å². The lowest BCUT2D eigenvalue weighted by Gasteiger charge is -2.31. The molecule has 2 aromatic rings. The summed E-state index contributed by atoms with van der Waals surface area (Å²) in [6, 6.07) is 13.6. The van der Waals surface area contributed by atoms with Gasteiger partial charge in [-0.2, -0.15) is 8.78 Å². The maximum Gasteiger partial charge on any atom is 0.326 e. The number of halogens is 2. The third-order valence-electron chi connectivity index (χ3n) is 4.86. The molecule has 30 heavy (non-hydrogen) atoms. The molecule has 1 heterocycles. The number of alkyl halides is 2. The van der Waals surface area contributed by atoms with E-state index in [1.165, 1.54) is 42.5 Å². The molecule has 10 heteroatoms. The maximum absolute atomic E-state index is 15.2. The predicted octanol–water partition coefficient (Wildman–Crippen LogP) is 1.31. The number of benzene rings is 2. The van der Waals surface area contributed by atoms with Crippen molar-refractivity contribution in [2.45, 2.75) is 29.2 Å². The second-order valence-corrected chi connectivity index (χ2v) is 9.06. The van der Waals surface area contributed by atoms with Crippen LogP contribution in [0.15, 0.2) is 60.7 Å². The quantitative estimate of drug-likeness (QED) is 0.650. The van der Waals surface area contributed by atoms with E-state index in [2.05, 4.69) is 0 Å². The first-order chi connectivity index (χ1) is 13.9. The first-order valence-corrected chi connectivity index (χ1v) is 10.7. The Morgan fingerprint density at radius 3 is 2.03 bits per heavy atom. The van der Waals surface area contributed by atoms with Crippen LogP contribution in [-0.2, 0) is 19.4 Å². The molecule has 1 unspecified atom stereocenters. The van der Waals surface area contributed by atoms with Gasteiger partial charge in [0.2, 0.25) is 16.8 Å². The molecule has 3 rings (SSSR count). The number of rotatable bonds is 6. The monoisotopic (exact) mass is 440 g/mol. The topological polar surface area (TPSA) is 118 Å². The predicted molar refractivity (Wildman–Crippen MR) is 101 cm³/mol. The molecule has 1 aliphatic rings. The van der Waals surface area contributed by atoms with Crippen LogP contribution in [0.25, 0.3) is 0 Å². The lowest BCUT2D eigenvalue weighted by atomic mass is 9.80. The number of carbonyl (C=O) groups excluding carboxylic acids is 2. The summed E-state index contributed by atoms with van der Waals surface area (Å²) in [4.78, 5) is 25.7. The number of ketones is 2. The largest absolute Gasteiger partial charge is 0.380 e. The van der Waals surface area contributed by atoms with Crippen LogP contribution >= 0.6 is 0 Å². The van der Waals surface area contributed by atoms with E-state index in [-0.39, 0.29) is 11.1 Å². The van der Waals surface area contributed by atoms with E-state index in [4.69, 9.17) is 4.74 Å². The number of hydrogen-bond donors (Lipinski definition) is 2. The molecule has 160 valence electrons. The van der Waals surface area contributed by atoms with Crippen molar-refractivity contribution < 1.29 is 41.7 Å². The molecule has 0 aliphatic carbocycles. The molecule has 1 fully saturated rings. The van der Waals surface area contributed by atoms with Gasteiger partial charge in [0.25, 0.3) is 0 Å². The Morgan fingerprint density at radius 2 is 1.53 bits per heavy atom. The Kier molecular flexibility index (Phi) is 5.63. The average molecular weight is 440 g/mol. The van der Waals surface area contributed by atoms with Gasteiger partial charge in [0.15, 0.2) is 21.7 Å². The highest BCUT2D eigenvalue weighted by Crippen LogP contribution is 2.49. The Balaban J connectivity index is 2.13. The van der Waals surface area contributed by atoms with Gasteiger partial charge < -0.3 is 14.9 Å². The number of hydrogen-bond acceptors (Lipinski definition) is 7. The fourth-order valence-corrected chi connectivity index (χ4v) is 4.36. The van der Waals surface area contributed by atoms with Crippen molar-refractivity contribution in [2.24, 2.45) is 0 Å². The van der Waals surface area contributed by atoms with E-state index < -0.39 is 50.6 Å². The third-order valence-corrected chi connectivity index (χ3v) is 6.04. The van der Waals surface area contributed by atoms with Gasteiger partial charge in [0.05, 0.1) is 0 Å². The number of ether oxygens (including phenoxy) is 1. The van der Waals surface area contributed by atoms with Crippen LogP contribution in [0.5, 0.6) is 0 Å². The summed E-state index contributed by atoms with van der Waals surface area (Å²) in [6.45, 7) is 0. The van der Waals surface area contributed by atoms with Gasteiger partial charge in [-0.1, -0.05) is 60.7 Å². The molecule has 0 radical (unpaired) electrons. The Morgan fingerprint density at radius 1 is 1.03 bits per heavy atom. The van der Waals surface area contributed by atoms with Gasteiger partial charge in [-0.3, -0.25) is 9.59 Å². The normalized spacial score (nSPS) is 26.8. The van der Waals surface area contributed by atoms with Crippen molar-refractivity contribution >= 4 is 21.4 Å². The summed E-state index contributed by atoms with van der Waals surface area (Å²) in [5, 5.41) is 21.2. The molecule has 0 spiro atoms. The highest BCUT2D eigenvalue weighted by Gasteiger charge is 2.77. The van der Waals surface area contributed by atoms with E-state index in [9.17, 15) is 28.2 Å². The Labute approximate surface area is 170 Å². The molecule has 0 saturated carbocycles. The van der Waals surface area contributed by atoms with Gasteiger partial charge in [-0.05, 0) is 5.56 Å². The van der Waals surface area contributed by atoms with Crippen molar-refractivity contribution in [1.29, 1.82) is 0 Å². The Bertz CT molecular complexity index is 1060. The van der Waals surface area contributed by atoms with E-state index in [1.54, 1.807) is 6.07 Å². The second kappa shape index (κ2) is 7.62. The van der Waals surface area contributed by atoms with Gasteiger partial charge in [-0.25, -0.2) is 8.42 Å². The minimum Gasteiger partial charge on any atom is -0.380 e. The van der Waals surface area contributed by atoms with E-state index in [0.29, 0.717) is 6.26 Å². The zero-order chi connectivity index (χ0) is 22.3. The molecule has 0 aromatic heterocycles. The van der Waals surface area contributed by atoms with Crippen LogP contribution in [0.2, 0.25) is 0 Å². The molecule has 0 amide bonds. The fraction of sp³-hybridized carbons (Fsp3) is 0.300. The minimum atomic E-state index is -4.68. The summed E-state index contributed by atoms with van der Waals surface area (Å²) in [6.07, 6.45) is -4.24. The van der Waals surface area contributed by atoms with Crippen molar-refractivity contribution in [2.75, 3.05) is 6.26 Å². The first kappa shape index (κ1) is 22.2. The number of sulfone groups is 1. The van der Waals surface area contributed by atoms with E-state index in [1.807, 2.05) is 0 Å². The highest BCUT2D eigenvalue weighted by molar-refractivity contribution is 7.91. The maximum atomic E-state index is 15.2. The van der Waals surface area contributed by atoms with Crippen molar-refractivity contribution in [3.8, 4) is 0 Å². The number of Topliss-reactive ketones (excluding diaryl/α,β-unsaturated/α-hetero) is 2. The molecule has 0 bridgehead atoms. The van der Waals surface area contributed by atoms with Gasteiger partial charge in [0, 0.05) is 11.8 Å². The molecular weight excluding hydrogens is 422 g/mol. The van der Waals surface area contributed by atoms with Crippen LogP contribution in [-0.4, -0.2) is 59.5 Å². The molecule has 1 aliphatic heterocycles. The van der Waals surface area contributed by atoms with E-state index in [0.717, 1.165) is 12.1 Å².